The predicted molar refractivity (Wildman–Crippen MR) is 69.1 cm³/mol. The highest BCUT2D eigenvalue weighted by Crippen LogP contribution is 2.12. The molecule has 0 spiro atoms. The van der Waals surface area contributed by atoms with Crippen LogP contribution in [0.25, 0.3) is 0 Å². The third-order valence-corrected chi connectivity index (χ3v) is 2.68. The number of aliphatic carboxylic acids is 1. The fraction of sp³-hybridized carbons (Fsp3) is 0.286. The first kappa shape index (κ1) is 15.8. The van der Waals surface area contributed by atoms with E-state index in [2.05, 4.69) is 11.9 Å². The van der Waals surface area contributed by atoms with Gasteiger partial charge in [-0.3, -0.25) is 4.79 Å². The molecule has 1 amide bonds. The topological polar surface area (TPSA) is 66.4 Å². The van der Waals surface area contributed by atoms with Gasteiger partial charge < -0.3 is 10.4 Å². The molecule has 20 heavy (non-hydrogen) atoms. The average Bonchev–Trinajstić information content (AvgIpc) is 2.39. The van der Waals surface area contributed by atoms with Crippen LogP contribution in [-0.2, 0) is 16.0 Å². The maximum absolute atomic E-state index is 13.4. The van der Waals surface area contributed by atoms with Crippen LogP contribution in [0.2, 0.25) is 0 Å². The smallest absolute Gasteiger partial charge is 0.326 e. The molecule has 0 aliphatic carbocycles. The predicted octanol–water partition coefficient (Wildman–Crippen LogP) is 2.04. The van der Waals surface area contributed by atoms with Gasteiger partial charge >= 0.3 is 5.97 Å². The van der Waals surface area contributed by atoms with Gasteiger partial charge in [0.15, 0.2) is 11.6 Å². The Balaban J connectivity index is 2.68. The number of carboxylic acid groups (broad SMARTS) is 1. The number of carbonyl (C=O) groups is 2. The third kappa shape index (κ3) is 4.46. The maximum Gasteiger partial charge on any atom is 0.326 e. The monoisotopic (exact) mass is 283 g/mol. The number of nitrogens with one attached hydrogen (secondary N) is 1. The van der Waals surface area contributed by atoms with Crippen molar-refractivity contribution in [2.75, 3.05) is 0 Å². The summed E-state index contributed by atoms with van der Waals surface area (Å²) in [5.41, 5.74) is -0.115. The lowest BCUT2D eigenvalue weighted by atomic mass is 10.1. The minimum Gasteiger partial charge on any atom is -0.480 e. The molecule has 1 rings (SSSR count). The van der Waals surface area contributed by atoms with E-state index < -0.39 is 36.0 Å². The highest BCUT2D eigenvalue weighted by molar-refractivity contribution is 5.84. The molecule has 0 bridgehead atoms. The summed E-state index contributed by atoms with van der Waals surface area (Å²) in [6.07, 6.45) is 1.73. The number of carbonyl (C=O) groups excluding carboxylic acids is 1. The van der Waals surface area contributed by atoms with Crippen molar-refractivity contribution in [2.24, 2.45) is 0 Å². The minimum atomic E-state index is -1.18. The summed E-state index contributed by atoms with van der Waals surface area (Å²) in [7, 11) is 0. The Morgan fingerprint density at radius 2 is 2.10 bits per heavy atom. The standard InChI is InChI=1S/C14H15F2NO3/c1-2-3-7-11(14(19)20)17-12(18)8-9-5-4-6-10(15)13(9)16/h2,4-6,11H,1,3,7-8H2,(H,17,18)(H,19,20). The zero-order valence-electron chi connectivity index (χ0n) is 10.7. The summed E-state index contributed by atoms with van der Waals surface area (Å²) >= 11 is 0. The Kier molecular flexibility index (Phi) is 5.83. The van der Waals surface area contributed by atoms with Crippen molar-refractivity contribution in [3.63, 3.8) is 0 Å². The van der Waals surface area contributed by atoms with Crippen molar-refractivity contribution in [3.8, 4) is 0 Å². The van der Waals surface area contributed by atoms with Gasteiger partial charge in [-0.25, -0.2) is 13.6 Å². The quantitative estimate of drug-likeness (QED) is 0.753. The van der Waals surface area contributed by atoms with Crippen LogP contribution in [-0.4, -0.2) is 23.0 Å². The van der Waals surface area contributed by atoms with Gasteiger partial charge in [-0.1, -0.05) is 18.2 Å². The molecule has 1 aromatic carbocycles. The molecule has 0 fully saturated rings. The van der Waals surface area contributed by atoms with Gasteiger partial charge in [0.05, 0.1) is 6.42 Å². The Morgan fingerprint density at radius 1 is 1.40 bits per heavy atom. The Bertz CT molecular complexity index is 517. The average molecular weight is 283 g/mol. The van der Waals surface area contributed by atoms with Crippen molar-refractivity contribution in [2.45, 2.75) is 25.3 Å². The lowest BCUT2D eigenvalue weighted by Gasteiger charge is -2.13. The van der Waals surface area contributed by atoms with Crippen LogP contribution in [0, 0.1) is 11.6 Å². The molecule has 0 saturated heterocycles. The van der Waals surface area contributed by atoms with E-state index in [9.17, 15) is 18.4 Å². The number of hydrogen-bond donors (Lipinski definition) is 2. The fourth-order valence-corrected chi connectivity index (χ4v) is 1.65. The number of allylic oxidation sites excluding steroid dienone is 1. The van der Waals surface area contributed by atoms with E-state index in [0.29, 0.717) is 6.42 Å². The first-order chi connectivity index (χ1) is 9.45. The highest BCUT2D eigenvalue weighted by Gasteiger charge is 2.20. The van der Waals surface area contributed by atoms with Crippen LogP contribution >= 0.6 is 0 Å². The molecule has 0 aromatic heterocycles. The van der Waals surface area contributed by atoms with Crippen LogP contribution in [0.3, 0.4) is 0 Å². The molecule has 6 heteroatoms. The van der Waals surface area contributed by atoms with Crippen LogP contribution in [0.15, 0.2) is 30.9 Å². The highest BCUT2D eigenvalue weighted by atomic mass is 19.2. The van der Waals surface area contributed by atoms with E-state index in [1.807, 2.05) is 0 Å². The van der Waals surface area contributed by atoms with E-state index in [-0.39, 0.29) is 12.0 Å². The van der Waals surface area contributed by atoms with Gasteiger partial charge in [-0.05, 0) is 18.9 Å². The molecule has 0 aliphatic heterocycles. The van der Waals surface area contributed by atoms with Gasteiger partial charge in [-0.2, -0.15) is 0 Å². The van der Waals surface area contributed by atoms with Gasteiger partial charge in [0.1, 0.15) is 6.04 Å². The van der Waals surface area contributed by atoms with Crippen LogP contribution in [0.5, 0.6) is 0 Å². The third-order valence-electron chi connectivity index (χ3n) is 2.68. The Morgan fingerprint density at radius 3 is 2.70 bits per heavy atom. The first-order valence-corrected chi connectivity index (χ1v) is 6.01. The molecule has 0 heterocycles. The number of benzene rings is 1. The lowest BCUT2D eigenvalue weighted by molar-refractivity contribution is -0.141. The van der Waals surface area contributed by atoms with Gasteiger partial charge in [-0.15, -0.1) is 6.58 Å². The molecule has 0 saturated carbocycles. The van der Waals surface area contributed by atoms with Gasteiger partial charge in [0.25, 0.3) is 0 Å². The molecule has 108 valence electrons. The van der Waals surface area contributed by atoms with Crippen LogP contribution in [0.1, 0.15) is 18.4 Å². The maximum atomic E-state index is 13.4. The van der Waals surface area contributed by atoms with E-state index in [4.69, 9.17) is 5.11 Å². The molecule has 4 nitrogen and oxygen atoms in total. The van der Waals surface area contributed by atoms with E-state index in [0.717, 1.165) is 6.07 Å². The molecule has 1 atom stereocenters. The number of rotatable bonds is 7. The van der Waals surface area contributed by atoms with Crippen molar-refractivity contribution in [3.05, 3.63) is 48.1 Å². The molecule has 1 aromatic rings. The summed E-state index contributed by atoms with van der Waals surface area (Å²) in [6.45, 7) is 3.46. The molecular weight excluding hydrogens is 268 g/mol. The Hall–Kier alpha value is -2.24. The summed E-state index contributed by atoms with van der Waals surface area (Å²) in [6, 6.07) is 2.43. The van der Waals surface area contributed by atoms with Gasteiger partial charge in [0, 0.05) is 5.56 Å². The number of carboxylic acids is 1. The van der Waals surface area contributed by atoms with Crippen molar-refractivity contribution >= 4 is 11.9 Å². The normalized spacial score (nSPS) is 11.7. The summed E-state index contributed by atoms with van der Waals surface area (Å²) < 4.78 is 26.4. The fourth-order valence-electron chi connectivity index (χ4n) is 1.65. The van der Waals surface area contributed by atoms with Crippen molar-refractivity contribution < 1.29 is 23.5 Å². The van der Waals surface area contributed by atoms with Crippen molar-refractivity contribution in [1.29, 1.82) is 0 Å². The molecule has 0 radical (unpaired) electrons. The number of hydrogen-bond acceptors (Lipinski definition) is 2. The number of amides is 1. The SMILES string of the molecule is C=CCCC(NC(=O)Cc1cccc(F)c1F)C(=O)O. The van der Waals surface area contributed by atoms with Crippen LogP contribution < -0.4 is 5.32 Å². The van der Waals surface area contributed by atoms with E-state index in [1.165, 1.54) is 18.2 Å². The Labute approximate surface area is 115 Å². The molecule has 0 aliphatic rings. The second-order valence-corrected chi connectivity index (χ2v) is 4.21. The molecule has 2 N–H and O–H groups in total. The van der Waals surface area contributed by atoms with E-state index in [1.54, 1.807) is 0 Å². The largest absolute Gasteiger partial charge is 0.480 e. The summed E-state index contributed by atoms with van der Waals surface area (Å²) in [5.74, 6) is -4.00. The second-order valence-electron chi connectivity index (χ2n) is 4.21. The van der Waals surface area contributed by atoms with Gasteiger partial charge in [0.2, 0.25) is 5.91 Å². The summed E-state index contributed by atoms with van der Waals surface area (Å²) in [5, 5.41) is 11.2. The number of halogens is 2. The lowest BCUT2D eigenvalue weighted by Crippen LogP contribution is -2.41. The molecule has 1 unspecified atom stereocenters. The first-order valence-electron chi connectivity index (χ1n) is 6.01. The minimum absolute atomic E-state index is 0.115. The molecular formula is C14H15F2NO3. The zero-order chi connectivity index (χ0) is 15.1. The van der Waals surface area contributed by atoms with E-state index >= 15 is 0 Å². The zero-order valence-corrected chi connectivity index (χ0v) is 10.7. The van der Waals surface area contributed by atoms with Crippen LogP contribution in [0.4, 0.5) is 8.78 Å². The van der Waals surface area contributed by atoms with Crippen molar-refractivity contribution in [1.82, 2.24) is 5.32 Å². The summed E-state index contributed by atoms with van der Waals surface area (Å²) in [4.78, 5) is 22.6. The second kappa shape index (κ2) is 7.37.